The molecule has 2 aliphatic rings. The van der Waals surface area contributed by atoms with Crippen molar-refractivity contribution in [1.29, 1.82) is 0 Å². The monoisotopic (exact) mass is 930 g/mol. The Labute approximate surface area is 388 Å². The fraction of sp³-hybridized carbons (Fsp3) is 0.707. The highest BCUT2D eigenvalue weighted by atomic mass is 35.5. The fourth-order valence-electron chi connectivity index (χ4n) is 7.35. The van der Waals surface area contributed by atoms with Crippen LogP contribution in [-0.2, 0) is 36.6 Å². The third-order valence-electron chi connectivity index (χ3n) is 11.3. The number of nitrogens with one attached hydrogen (secondary N) is 2. The van der Waals surface area contributed by atoms with E-state index in [1.165, 1.54) is 0 Å². The molecule has 0 radical (unpaired) electrons. The molecule has 360 valence electrons. The summed E-state index contributed by atoms with van der Waals surface area (Å²) in [4.78, 5) is 53.2. The van der Waals surface area contributed by atoms with Crippen LogP contribution in [0.5, 0.6) is 0 Å². The van der Waals surface area contributed by atoms with Crippen LogP contribution in [0.3, 0.4) is 0 Å². The van der Waals surface area contributed by atoms with E-state index >= 15 is 0 Å². The van der Waals surface area contributed by atoms with Crippen LogP contribution in [0, 0.1) is 18.3 Å². The van der Waals surface area contributed by atoms with E-state index in [-0.39, 0.29) is 42.7 Å². The van der Waals surface area contributed by atoms with Crippen molar-refractivity contribution < 1.29 is 46.9 Å². The third kappa shape index (κ3) is 16.2. The Bertz CT molecular complexity index is 1940. The number of hydrogen-bond acceptors (Lipinski definition) is 15. The zero-order valence-electron chi connectivity index (χ0n) is 38.3. The summed E-state index contributed by atoms with van der Waals surface area (Å²) in [6.07, 6.45) is 14.0. The molecule has 0 aliphatic carbocycles. The molecule has 3 atom stereocenters. The Morgan fingerprint density at radius 2 is 1.35 bits per heavy atom. The number of unbranched alkanes of at least 4 members (excludes halogenated alkanes) is 1. The first kappa shape index (κ1) is 52.2. The van der Waals surface area contributed by atoms with Crippen molar-refractivity contribution in [2.75, 3.05) is 127 Å². The number of halogens is 1. The number of nitrogens with two attached hydrogens (primary N) is 2. The summed E-state index contributed by atoms with van der Waals surface area (Å²) in [5.74, 6) is 4.10. The summed E-state index contributed by atoms with van der Waals surface area (Å²) in [6.45, 7) is 14.4. The van der Waals surface area contributed by atoms with Gasteiger partial charge in [0.15, 0.2) is 0 Å². The molecule has 3 aromatic rings. The number of hydrogen-bond donors (Lipinski definition) is 5. The number of guanidine groups is 1. The normalized spacial score (nSPS) is 15.5. The van der Waals surface area contributed by atoms with Crippen LogP contribution < -0.4 is 49.7 Å². The lowest BCUT2D eigenvalue weighted by Gasteiger charge is -2.38. The summed E-state index contributed by atoms with van der Waals surface area (Å²) >= 11 is 0. The maximum atomic E-state index is 14.2. The molecule has 65 heavy (non-hydrogen) atoms. The molecule has 0 saturated carbocycles. The Kier molecular flexibility index (Phi) is 22.3. The van der Waals surface area contributed by atoms with Crippen LogP contribution in [0.15, 0.2) is 12.4 Å². The van der Waals surface area contributed by atoms with Crippen LogP contribution in [0.25, 0.3) is 0 Å². The summed E-state index contributed by atoms with van der Waals surface area (Å²) in [7, 11) is 0. The second-order valence-corrected chi connectivity index (χ2v) is 16.0. The third-order valence-corrected chi connectivity index (χ3v) is 11.3. The van der Waals surface area contributed by atoms with Gasteiger partial charge in [-0.1, -0.05) is 36.6 Å². The molecule has 0 aromatic carbocycles. The van der Waals surface area contributed by atoms with Crippen molar-refractivity contribution in [3.63, 3.8) is 0 Å². The van der Waals surface area contributed by atoms with E-state index in [0.717, 1.165) is 50.0 Å². The molecule has 24 heteroatoms. The Morgan fingerprint density at radius 3 is 1.94 bits per heavy atom. The summed E-state index contributed by atoms with van der Waals surface area (Å²) < 4.78 is 19.9. The lowest BCUT2D eigenvalue weighted by Crippen LogP contribution is -3.00. The Morgan fingerprint density at radius 1 is 0.800 bits per heavy atom. The molecular formula is C41H70ClN18O5+. The van der Waals surface area contributed by atoms with Gasteiger partial charge in [-0.25, -0.2) is 9.36 Å². The summed E-state index contributed by atoms with van der Waals surface area (Å²) in [5.41, 5.74) is 16.6. The standard InChI is InChI=1S/C41H68N18O5.ClH/c1-5-23-62-25-27-64-28-26-63-24-14-46-39-47-40(56-19-15-54(16-20-56)36(60)32(4)58-29-34(50-52-58)11-9-13-45-38(43)44)49-41(48-39)57-21-17-55(18-22-57)37(61)35(31(3)6-2)59-30-33(51-53-59)10-7-8-12-42;/h1,29-32,35H,6-28,42H2,2-4H3,(H4,43,44,45)(H,46,47,48,49);1H/p+1. The van der Waals surface area contributed by atoms with Gasteiger partial charge in [0.1, 0.15) is 18.7 Å². The highest BCUT2D eigenvalue weighted by molar-refractivity contribution is 5.81. The van der Waals surface area contributed by atoms with E-state index in [2.05, 4.69) is 66.2 Å². The SMILES string of the molecule is C#CCOCCOCCOCCNc1nc(N2CCN(C(=O)C(C)n3cc(CCC[NH+]=C(N)N)nn3)CC2)nc(N2CCN(C(=O)C(C(C)CC)n3cc(CCCC[NH3+])nn3)CC2)n1.[Cl-]. The number of piperazine rings is 2. The van der Waals surface area contributed by atoms with E-state index in [4.69, 9.17) is 47.1 Å². The number of aromatic nitrogens is 9. The van der Waals surface area contributed by atoms with Gasteiger partial charge in [-0.05, 0) is 44.9 Å². The zero-order valence-corrected chi connectivity index (χ0v) is 39.1. The van der Waals surface area contributed by atoms with Crippen molar-refractivity contribution in [2.45, 2.75) is 71.4 Å². The second kappa shape index (κ2) is 27.8. The number of anilines is 3. The number of rotatable bonds is 27. The molecule has 2 saturated heterocycles. The average Bonchev–Trinajstić information content (AvgIpc) is 3.99. The molecule has 23 nitrogen and oxygen atoms in total. The van der Waals surface area contributed by atoms with E-state index in [0.29, 0.717) is 123 Å². The number of ether oxygens (including phenoxy) is 3. The maximum Gasteiger partial charge on any atom is 0.338 e. The van der Waals surface area contributed by atoms with Gasteiger partial charge in [0.25, 0.3) is 0 Å². The van der Waals surface area contributed by atoms with Crippen LogP contribution >= 0.6 is 0 Å². The highest BCUT2D eigenvalue weighted by Crippen LogP contribution is 2.26. The van der Waals surface area contributed by atoms with Gasteiger partial charge < -0.3 is 57.3 Å². The predicted octanol–water partition coefficient (Wildman–Crippen LogP) is -6.15. The molecule has 0 spiro atoms. The molecule has 0 bridgehead atoms. The summed E-state index contributed by atoms with van der Waals surface area (Å²) in [6, 6.07) is -0.962. The molecule has 5 rings (SSSR count). The van der Waals surface area contributed by atoms with E-state index in [1.807, 2.05) is 29.1 Å². The molecule has 2 amide bonds. The predicted molar refractivity (Wildman–Crippen MR) is 239 cm³/mol. The smallest absolute Gasteiger partial charge is 0.338 e. The van der Waals surface area contributed by atoms with Crippen molar-refractivity contribution >= 4 is 35.6 Å². The minimum atomic E-state index is -0.520. The Balaban J connectivity index is 0.00000925. The van der Waals surface area contributed by atoms with Crippen molar-refractivity contribution in [3.05, 3.63) is 23.8 Å². The number of aryl methyl sites for hydroxylation is 2. The van der Waals surface area contributed by atoms with Crippen LogP contribution in [-0.4, -0.2) is 184 Å². The van der Waals surface area contributed by atoms with Crippen LogP contribution in [0.4, 0.5) is 17.8 Å². The van der Waals surface area contributed by atoms with E-state index in [1.54, 1.807) is 9.36 Å². The van der Waals surface area contributed by atoms with Gasteiger partial charge in [-0.15, -0.1) is 16.6 Å². The minimum absolute atomic E-state index is 0. The quantitative estimate of drug-likeness (QED) is 0.0206. The summed E-state index contributed by atoms with van der Waals surface area (Å²) in [5, 5.41) is 20.6. The fourth-order valence-corrected chi connectivity index (χ4v) is 7.35. The van der Waals surface area contributed by atoms with Crippen LogP contribution in [0.1, 0.15) is 69.9 Å². The Hall–Kier alpha value is -5.41. The van der Waals surface area contributed by atoms with Gasteiger partial charge in [-0.3, -0.25) is 26.0 Å². The lowest BCUT2D eigenvalue weighted by molar-refractivity contribution is -0.459. The first-order valence-corrected chi connectivity index (χ1v) is 22.6. The van der Waals surface area contributed by atoms with Gasteiger partial charge in [-0.2, -0.15) is 15.0 Å². The first-order valence-electron chi connectivity index (χ1n) is 22.6. The maximum absolute atomic E-state index is 14.2. The molecule has 2 aliphatic heterocycles. The molecular weight excluding hydrogens is 860 g/mol. The van der Waals surface area contributed by atoms with Crippen LogP contribution in [0.2, 0.25) is 0 Å². The topological polar surface area (TPSA) is 281 Å². The number of terminal acetylenes is 1. The number of quaternary nitrogens is 1. The van der Waals surface area contributed by atoms with Crippen molar-refractivity contribution in [2.24, 2.45) is 17.4 Å². The van der Waals surface area contributed by atoms with E-state index in [9.17, 15) is 9.59 Å². The largest absolute Gasteiger partial charge is 1.00 e. The first-order chi connectivity index (χ1) is 31.1. The highest BCUT2D eigenvalue weighted by Gasteiger charge is 2.34. The second-order valence-electron chi connectivity index (χ2n) is 16.0. The van der Waals surface area contributed by atoms with E-state index < -0.39 is 12.1 Å². The van der Waals surface area contributed by atoms with Gasteiger partial charge in [0.2, 0.25) is 29.7 Å². The number of nitrogens with zero attached hydrogens (tertiary/aromatic N) is 13. The molecule has 3 aromatic heterocycles. The molecule has 5 heterocycles. The van der Waals surface area contributed by atoms with Gasteiger partial charge >= 0.3 is 5.96 Å². The van der Waals surface area contributed by atoms with Gasteiger partial charge in [0, 0.05) is 71.3 Å². The lowest BCUT2D eigenvalue weighted by atomic mass is 9.97. The molecule has 2 fully saturated rings. The van der Waals surface area contributed by atoms with Crippen molar-refractivity contribution in [3.8, 4) is 12.3 Å². The van der Waals surface area contributed by atoms with Gasteiger partial charge in [0.05, 0.1) is 57.5 Å². The minimum Gasteiger partial charge on any atom is -1.00 e. The number of carbonyl (C=O) groups excluding carboxylic acids is 2. The molecule has 3 unspecified atom stereocenters. The molecule has 9 N–H and O–H groups in total. The zero-order chi connectivity index (χ0) is 45.7. The number of amides is 2. The van der Waals surface area contributed by atoms with Crippen molar-refractivity contribution in [1.82, 2.24) is 54.7 Å². The number of carbonyl (C=O) groups is 2. The average molecular weight is 931 g/mol.